The molecule has 0 bridgehead atoms. The van der Waals surface area contributed by atoms with Crippen molar-refractivity contribution < 1.29 is 23.8 Å². The average Bonchev–Trinajstić information content (AvgIpc) is 2.66. The van der Waals surface area contributed by atoms with E-state index in [0.717, 1.165) is 0 Å². The Hall–Kier alpha value is -3.01. The molecule has 6 nitrogen and oxygen atoms in total. The van der Waals surface area contributed by atoms with Gasteiger partial charge >= 0.3 is 11.9 Å². The van der Waals surface area contributed by atoms with Crippen LogP contribution in [0.25, 0.3) is 6.08 Å². The van der Waals surface area contributed by atoms with Gasteiger partial charge in [-0.2, -0.15) is 5.26 Å². The smallest absolute Gasteiger partial charge is 0.349 e. The summed E-state index contributed by atoms with van der Waals surface area (Å²) in [7, 11) is 1.18. The molecule has 0 amide bonds. The second-order valence-corrected chi connectivity index (χ2v) is 5.92. The van der Waals surface area contributed by atoms with Gasteiger partial charge in [0.25, 0.3) is 0 Å². The van der Waals surface area contributed by atoms with Crippen molar-refractivity contribution in [1.82, 2.24) is 0 Å². The van der Waals surface area contributed by atoms with E-state index in [4.69, 9.17) is 37.9 Å². The molecule has 0 aromatic heterocycles. The van der Waals surface area contributed by atoms with Crippen LogP contribution in [0.1, 0.15) is 5.56 Å². The van der Waals surface area contributed by atoms with E-state index in [9.17, 15) is 9.59 Å². The average molecular weight is 406 g/mol. The van der Waals surface area contributed by atoms with Gasteiger partial charge < -0.3 is 14.2 Å². The topological polar surface area (TPSA) is 85.6 Å². The van der Waals surface area contributed by atoms with E-state index in [1.807, 2.05) is 0 Å². The first-order chi connectivity index (χ1) is 12.9. The van der Waals surface area contributed by atoms with Gasteiger partial charge in [-0.1, -0.05) is 35.3 Å². The van der Waals surface area contributed by atoms with E-state index in [0.29, 0.717) is 15.6 Å². The predicted octanol–water partition coefficient (Wildman–Crippen LogP) is 4.06. The molecule has 0 N–H and O–H groups in total. The summed E-state index contributed by atoms with van der Waals surface area (Å²) < 4.78 is 15.0. The number of ether oxygens (including phenoxy) is 3. The van der Waals surface area contributed by atoms with Crippen molar-refractivity contribution in [3.8, 4) is 17.6 Å². The van der Waals surface area contributed by atoms with E-state index in [1.54, 1.807) is 36.4 Å². The van der Waals surface area contributed by atoms with Gasteiger partial charge in [-0.15, -0.1) is 0 Å². The van der Waals surface area contributed by atoms with Crippen molar-refractivity contribution in [2.75, 3.05) is 13.7 Å². The van der Waals surface area contributed by atoms with Crippen molar-refractivity contribution in [2.24, 2.45) is 0 Å². The summed E-state index contributed by atoms with van der Waals surface area (Å²) in [6.45, 7) is -0.383. The zero-order valence-electron chi connectivity index (χ0n) is 14.1. The first kappa shape index (κ1) is 20.3. The molecule has 0 aliphatic heterocycles. The number of esters is 2. The molecule has 0 saturated carbocycles. The SMILES string of the molecule is COC(=O)/C(C#N)=C/c1cccc(OC(=O)COc2cc(Cl)ccc2Cl)c1. The van der Waals surface area contributed by atoms with Crippen LogP contribution in [-0.2, 0) is 14.3 Å². The molecule has 27 heavy (non-hydrogen) atoms. The number of nitrogens with zero attached hydrogens (tertiary/aromatic N) is 1. The summed E-state index contributed by atoms with van der Waals surface area (Å²) in [6, 6.07) is 12.7. The van der Waals surface area contributed by atoms with Crippen LogP contribution in [0.15, 0.2) is 48.0 Å². The first-order valence-electron chi connectivity index (χ1n) is 7.51. The summed E-state index contributed by atoms with van der Waals surface area (Å²) in [5.41, 5.74) is 0.306. The van der Waals surface area contributed by atoms with E-state index >= 15 is 0 Å². The summed E-state index contributed by atoms with van der Waals surface area (Å²) in [6.07, 6.45) is 1.32. The molecule has 2 aromatic carbocycles. The van der Waals surface area contributed by atoms with E-state index in [2.05, 4.69) is 4.74 Å². The Morgan fingerprint density at radius 1 is 1.19 bits per heavy atom. The van der Waals surface area contributed by atoms with E-state index in [1.165, 1.54) is 25.3 Å². The van der Waals surface area contributed by atoms with Gasteiger partial charge in [0.2, 0.25) is 0 Å². The zero-order valence-corrected chi connectivity index (χ0v) is 15.6. The fraction of sp³-hybridized carbons (Fsp3) is 0.105. The lowest BCUT2D eigenvalue weighted by Gasteiger charge is -2.09. The highest BCUT2D eigenvalue weighted by Crippen LogP contribution is 2.27. The molecule has 8 heteroatoms. The van der Waals surface area contributed by atoms with Crippen molar-refractivity contribution in [3.05, 3.63) is 63.6 Å². The van der Waals surface area contributed by atoms with E-state index in [-0.39, 0.29) is 23.7 Å². The number of carbonyl (C=O) groups is 2. The van der Waals surface area contributed by atoms with Crippen LogP contribution in [0.3, 0.4) is 0 Å². The van der Waals surface area contributed by atoms with Gasteiger partial charge in [0.1, 0.15) is 23.1 Å². The third-order valence-electron chi connectivity index (χ3n) is 3.17. The molecule has 138 valence electrons. The number of hydrogen-bond acceptors (Lipinski definition) is 6. The predicted molar refractivity (Wildman–Crippen MR) is 99.6 cm³/mol. The maximum absolute atomic E-state index is 12.0. The molecule has 0 aliphatic rings. The molecule has 0 radical (unpaired) electrons. The Morgan fingerprint density at radius 3 is 2.67 bits per heavy atom. The number of halogens is 2. The Balaban J connectivity index is 2.04. The minimum Gasteiger partial charge on any atom is -0.480 e. The molecule has 0 heterocycles. The van der Waals surface area contributed by atoms with Gasteiger partial charge in [0.15, 0.2) is 6.61 Å². The van der Waals surface area contributed by atoms with Crippen LogP contribution >= 0.6 is 23.2 Å². The lowest BCUT2D eigenvalue weighted by Crippen LogP contribution is -2.17. The molecule has 0 aliphatic carbocycles. The number of rotatable bonds is 6. The van der Waals surface area contributed by atoms with Gasteiger partial charge in [-0.05, 0) is 35.9 Å². The number of hydrogen-bond donors (Lipinski definition) is 0. The highest BCUT2D eigenvalue weighted by molar-refractivity contribution is 6.34. The molecule has 2 rings (SSSR count). The largest absolute Gasteiger partial charge is 0.480 e. The molecular weight excluding hydrogens is 393 g/mol. The van der Waals surface area contributed by atoms with Crippen molar-refractivity contribution in [3.63, 3.8) is 0 Å². The third kappa shape index (κ3) is 6.03. The normalized spacial score (nSPS) is 10.7. The van der Waals surface area contributed by atoms with Crippen molar-refractivity contribution >= 4 is 41.2 Å². The number of methoxy groups -OCH3 is 1. The third-order valence-corrected chi connectivity index (χ3v) is 3.71. The highest BCUT2D eigenvalue weighted by atomic mass is 35.5. The standard InChI is InChI=1S/C19H13Cl2NO5/c1-25-19(24)13(10-22)7-12-3-2-4-15(8-12)27-18(23)11-26-17-9-14(20)5-6-16(17)21/h2-9H,11H2,1H3/b13-7+. The minimum absolute atomic E-state index is 0.181. The minimum atomic E-state index is -0.758. The second kappa shape index (κ2) is 9.62. The first-order valence-corrected chi connectivity index (χ1v) is 8.27. The number of benzene rings is 2. The Labute approximate surface area is 165 Å². The molecule has 0 spiro atoms. The number of carbonyl (C=O) groups excluding carboxylic acids is 2. The summed E-state index contributed by atoms with van der Waals surface area (Å²) >= 11 is 11.8. The molecule has 2 aromatic rings. The molecule has 0 unspecified atom stereocenters. The summed E-state index contributed by atoms with van der Waals surface area (Å²) in [5.74, 6) is -0.946. The van der Waals surface area contributed by atoms with Crippen LogP contribution in [-0.4, -0.2) is 25.7 Å². The Bertz CT molecular complexity index is 934. The quantitative estimate of drug-likeness (QED) is 0.311. The second-order valence-electron chi connectivity index (χ2n) is 5.07. The molecule has 0 fully saturated rings. The summed E-state index contributed by atoms with van der Waals surface area (Å²) in [4.78, 5) is 23.4. The molecule has 0 saturated heterocycles. The van der Waals surface area contributed by atoms with Gasteiger partial charge in [0, 0.05) is 11.1 Å². The monoisotopic (exact) mass is 405 g/mol. The van der Waals surface area contributed by atoms with Gasteiger partial charge in [0.05, 0.1) is 12.1 Å². The van der Waals surface area contributed by atoms with Gasteiger partial charge in [-0.25, -0.2) is 9.59 Å². The Kier molecular flexibility index (Phi) is 7.24. The van der Waals surface area contributed by atoms with Crippen molar-refractivity contribution in [1.29, 1.82) is 5.26 Å². The lowest BCUT2D eigenvalue weighted by atomic mass is 10.1. The maximum Gasteiger partial charge on any atom is 0.349 e. The van der Waals surface area contributed by atoms with Crippen molar-refractivity contribution in [2.45, 2.75) is 0 Å². The fourth-order valence-electron chi connectivity index (χ4n) is 1.97. The summed E-state index contributed by atoms with van der Waals surface area (Å²) in [5, 5.41) is 9.71. The van der Waals surface area contributed by atoms with Gasteiger partial charge in [-0.3, -0.25) is 0 Å². The maximum atomic E-state index is 12.0. The zero-order chi connectivity index (χ0) is 19.8. The van der Waals surface area contributed by atoms with Crippen LogP contribution in [0.5, 0.6) is 11.5 Å². The Morgan fingerprint density at radius 2 is 1.96 bits per heavy atom. The van der Waals surface area contributed by atoms with E-state index < -0.39 is 11.9 Å². The van der Waals surface area contributed by atoms with Crippen LogP contribution < -0.4 is 9.47 Å². The van der Waals surface area contributed by atoms with Crippen LogP contribution in [0.4, 0.5) is 0 Å². The van der Waals surface area contributed by atoms with Crippen LogP contribution in [0, 0.1) is 11.3 Å². The highest BCUT2D eigenvalue weighted by Gasteiger charge is 2.11. The van der Waals surface area contributed by atoms with Crippen LogP contribution in [0.2, 0.25) is 10.0 Å². The number of nitriles is 1. The molecule has 0 atom stereocenters. The molecular formula is C19H13Cl2NO5. The lowest BCUT2D eigenvalue weighted by molar-refractivity contribution is -0.137. The fourth-order valence-corrected chi connectivity index (χ4v) is 2.30.